The van der Waals surface area contributed by atoms with Crippen molar-refractivity contribution in [3.05, 3.63) is 23.0 Å². The molecule has 0 aliphatic heterocycles. The predicted molar refractivity (Wildman–Crippen MR) is 63.5 cm³/mol. The van der Waals surface area contributed by atoms with Crippen molar-refractivity contribution >= 4 is 11.5 Å². The van der Waals surface area contributed by atoms with Gasteiger partial charge in [-0.3, -0.25) is 10.4 Å². The van der Waals surface area contributed by atoms with E-state index in [1.54, 1.807) is 0 Å². The lowest BCUT2D eigenvalue weighted by Crippen LogP contribution is -2.20. The molecule has 0 spiro atoms. The van der Waals surface area contributed by atoms with E-state index >= 15 is 0 Å². The monoisotopic (exact) mass is 206 g/mol. The van der Waals surface area contributed by atoms with Crippen molar-refractivity contribution in [1.29, 1.82) is 5.41 Å². The number of rotatable bonds is 3. The number of nitrogens with zero attached hydrogens (tertiary/aromatic N) is 1. The molecule has 1 aromatic heterocycles. The van der Waals surface area contributed by atoms with Crippen molar-refractivity contribution in [2.45, 2.75) is 33.7 Å². The maximum atomic E-state index is 7.53. The van der Waals surface area contributed by atoms with Crippen molar-refractivity contribution in [3.8, 4) is 0 Å². The number of nitrogen functional groups attached to an aromatic ring is 1. The van der Waals surface area contributed by atoms with Crippen LogP contribution >= 0.6 is 0 Å². The highest BCUT2D eigenvalue weighted by molar-refractivity contribution is 6.01. The van der Waals surface area contributed by atoms with Crippen LogP contribution in [0.4, 0.5) is 5.69 Å². The molecule has 0 fully saturated rings. The molecule has 1 aromatic rings. The van der Waals surface area contributed by atoms with Crippen molar-refractivity contribution in [3.63, 3.8) is 0 Å². The van der Waals surface area contributed by atoms with Gasteiger partial charge in [0.1, 0.15) is 5.84 Å². The Morgan fingerprint density at radius 1 is 1.47 bits per heavy atom. The number of anilines is 1. The summed E-state index contributed by atoms with van der Waals surface area (Å²) >= 11 is 0. The van der Waals surface area contributed by atoms with Gasteiger partial charge in [-0.05, 0) is 33.8 Å². The van der Waals surface area contributed by atoms with Crippen LogP contribution in [0.2, 0.25) is 0 Å². The van der Waals surface area contributed by atoms with Crippen molar-refractivity contribution in [2.75, 3.05) is 5.32 Å². The maximum Gasteiger partial charge on any atom is 0.126 e. The molecule has 4 heteroatoms. The number of nitrogens with two attached hydrogens (primary N) is 1. The van der Waals surface area contributed by atoms with Gasteiger partial charge in [0.15, 0.2) is 0 Å². The number of hydrogen-bond acceptors (Lipinski definition) is 3. The minimum atomic E-state index is 0.0585. The lowest BCUT2D eigenvalue weighted by molar-refractivity contribution is 0.895. The fraction of sp³-hybridized carbons (Fsp3) is 0.455. The van der Waals surface area contributed by atoms with Gasteiger partial charge in [0.05, 0.1) is 11.3 Å². The number of aromatic nitrogens is 1. The molecule has 82 valence electrons. The summed E-state index contributed by atoms with van der Waals surface area (Å²) in [5, 5.41) is 10.8. The largest absolute Gasteiger partial charge is 0.384 e. The van der Waals surface area contributed by atoms with Gasteiger partial charge in [-0.1, -0.05) is 0 Å². The van der Waals surface area contributed by atoms with Gasteiger partial charge < -0.3 is 11.1 Å². The highest BCUT2D eigenvalue weighted by Gasteiger charge is 2.11. The molecule has 0 atom stereocenters. The second kappa shape index (κ2) is 4.29. The summed E-state index contributed by atoms with van der Waals surface area (Å²) in [6, 6.07) is 2.23. The Bertz CT molecular complexity index is 382. The van der Waals surface area contributed by atoms with Gasteiger partial charge in [-0.15, -0.1) is 0 Å². The molecule has 0 amide bonds. The first-order valence-corrected chi connectivity index (χ1v) is 5.01. The number of pyridine rings is 1. The van der Waals surface area contributed by atoms with E-state index in [9.17, 15) is 0 Å². The molecule has 1 heterocycles. The molecule has 4 nitrogen and oxygen atoms in total. The smallest absolute Gasteiger partial charge is 0.126 e. The molecule has 0 saturated heterocycles. The third kappa shape index (κ3) is 2.68. The summed E-state index contributed by atoms with van der Waals surface area (Å²) in [5.41, 5.74) is 8.87. The van der Waals surface area contributed by atoms with Crippen LogP contribution in [-0.2, 0) is 0 Å². The van der Waals surface area contributed by atoms with Crippen LogP contribution in [-0.4, -0.2) is 16.9 Å². The molecule has 0 aliphatic rings. The van der Waals surface area contributed by atoms with E-state index in [0.717, 1.165) is 17.1 Å². The molecule has 0 saturated carbocycles. The van der Waals surface area contributed by atoms with Crippen LogP contribution in [0, 0.1) is 19.3 Å². The van der Waals surface area contributed by atoms with E-state index in [1.807, 2.05) is 19.9 Å². The quantitative estimate of drug-likeness (QED) is 0.521. The number of nitrogens with one attached hydrogen (secondary N) is 2. The fourth-order valence-electron chi connectivity index (χ4n) is 1.59. The van der Waals surface area contributed by atoms with E-state index in [1.165, 1.54) is 0 Å². The molecule has 0 unspecified atom stereocenters. The molecule has 1 rings (SSSR count). The summed E-state index contributed by atoms with van der Waals surface area (Å²) in [6.45, 7) is 7.90. The van der Waals surface area contributed by atoms with Crippen LogP contribution in [0.3, 0.4) is 0 Å². The lowest BCUT2D eigenvalue weighted by atomic mass is 10.1. The average molecular weight is 206 g/mol. The fourth-order valence-corrected chi connectivity index (χ4v) is 1.59. The van der Waals surface area contributed by atoms with Crippen molar-refractivity contribution < 1.29 is 0 Å². The van der Waals surface area contributed by atoms with E-state index in [4.69, 9.17) is 11.1 Å². The Balaban J connectivity index is 3.27. The van der Waals surface area contributed by atoms with E-state index in [2.05, 4.69) is 24.1 Å². The van der Waals surface area contributed by atoms with Crippen LogP contribution in [0.15, 0.2) is 6.07 Å². The first-order chi connectivity index (χ1) is 6.91. The minimum absolute atomic E-state index is 0.0585. The molecule has 4 N–H and O–H groups in total. The summed E-state index contributed by atoms with van der Waals surface area (Å²) in [7, 11) is 0. The normalized spacial score (nSPS) is 10.5. The molecular weight excluding hydrogens is 188 g/mol. The van der Waals surface area contributed by atoms with E-state index in [-0.39, 0.29) is 5.84 Å². The van der Waals surface area contributed by atoms with Crippen LogP contribution < -0.4 is 11.1 Å². The highest BCUT2D eigenvalue weighted by atomic mass is 14.9. The Hall–Kier alpha value is -1.58. The second-order valence-corrected chi connectivity index (χ2v) is 3.98. The zero-order valence-electron chi connectivity index (χ0n) is 9.68. The molecule has 15 heavy (non-hydrogen) atoms. The number of amidine groups is 1. The van der Waals surface area contributed by atoms with Gasteiger partial charge in [-0.25, -0.2) is 0 Å². The molecular formula is C11H18N4. The molecule has 0 radical (unpaired) electrons. The van der Waals surface area contributed by atoms with Crippen molar-refractivity contribution in [1.82, 2.24) is 4.98 Å². The average Bonchev–Trinajstić information content (AvgIpc) is 1.99. The third-order valence-corrected chi connectivity index (χ3v) is 2.04. The molecule has 0 aromatic carbocycles. The second-order valence-electron chi connectivity index (χ2n) is 3.98. The highest BCUT2D eigenvalue weighted by Crippen LogP contribution is 2.19. The number of hydrogen-bond donors (Lipinski definition) is 3. The summed E-state index contributed by atoms with van der Waals surface area (Å²) in [4.78, 5) is 4.30. The van der Waals surface area contributed by atoms with Crippen LogP contribution in [0.1, 0.15) is 30.8 Å². The van der Waals surface area contributed by atoms with Crippen LogP contribution in [0.5, 0.6) is 0 Å². The van der Waals surface area contributed by atoms with Gasteiger partial charge >= 0.3 is 0 Å². The first kappa shape index (κ1) is 11.5. The first-order valence-electron chi connectivity index (χ1n) is 5.01. The number of aryl methyl sites for hydroxylation is 2. The van der Waals surface area contributed by atoms with Gasteiger partial charge in [0.2, 0.25) is 0 Å². The molecule has 0 aliphatic carbocycles. The zero-order valence-corrected chi connectivity index (χ0v) is 9.68. The Morgan fingerprint density at radius 3 is 2.53 bits per heavy atom. The Labute approximate surface area is 90.4 Å². The minimum Gasteiger partial charge on any atom is -0.384 e. The SMILES string of the molecule is Cc1cc(NC(C)C)c(C(=N)N)c(C)n1. The Morgan fingerprint density at radius 2 is 2.07 bits per heavy atom. The maximum absolute atomic E-state index is 7.53. The molecule has 0 bridgehead atoms. The summed E-state index contributed by atoms with van der Waals surface area (Å²) in [6.07, 6.45) is 0. The van der Waals surface area contributed by atoms with Crippen LogP contribution in [0.25, 0.3) is 0 Å². The Kier molecular flexibility index (Phi) is 3.29. The zero-order chi connectivity index (χ0) is 11.6. The predicted octanol–water partition coefficient (Wildman–Crippen LogP) is 1.80. The standard InChI is InChI=1S/C11H18N4/c1-6(2)14-9-5-7(3)15-8(4)10(9)11(12)13/h5-6H,1-4H3,(H3,12,13)(H,14,15). The van der Waals surface area contributed by atoms with E-state index in [0.29, 0.717) is 11.6 Å². The topological polar surface area (TPSA) is 74.8 Å². The lowest BCUT2D eigenvalue weighted by Gasteiger charge is -2.16. The van der Waals surface area contributed by atoms with Gasteiger partial charge in [-0.2, -0.15) is 0 Å². The van der Waals surface area contributed by atoms with Gasteiger partial charge in [0, 0.05) is 17.4 Å². The third-order valence-electron chi connectivity index (χ3n) is 2.04. The van der Waals surface area contributed by atoms with Gasteiger partial charge in [0.25, 0.3) is 0 Å². The van der Waals surface area contributed by atoms with Crippen molar-refractivity contribution in [2.24, 2.45) is 5.73 Å². The summed E-state index contributed by atoms with van der Waals surface area (Å²) in [5.74, 6) is 0.0585. The summed E-state index contributed by atoms with van der Waals surface area (Å²) < 4.78 is 0. The van der Waals surface area contributed by atoms with E-state index < -0.39 is 0 Å².